The molecular formula is C12H14N2O2. The highest BCUT2D eigenvalue weighted by atomic mass is 16.7. The Labute approximate surface area is 94.2 Å². The predicted molar refractivity (Wildman–Crippen MR) is 61.0 cm³/mol. The average molecular weight is 218 g/mol. The van der Waals surface area contributed by atoms with E-state index in [1.807, 2.05) is 25.1 Å². The molecule has 4 heteroatoms. The van der Waals surface area contributed by atoms with Crippen molar-refractivity contribution < 1.29 is 9.47 Å². The van der Waals surface area contributed by atoms with Gasteiger partial charge in [-0.3, -0.25) is 0 Å². The molecule has 0 bridgehead atoms. The fraction of sp³-hybridized carbons (Fsp3) is 0.333. The number of methoxy groups -OCH3 is 2. The van der Waals surface area contributed by atoms with Crippen molar-refractivity contribution in [1.82, 2.24) is 9.97 Å². The van der Waals surface area contributed by atoms with Crippen LogP contribution in [-0.2, 0) is 9.47 Å². The summed E-state index contributed by atoms with van der Waals surface area (Å²) in [6.45, 7) is 2.01. The van der Waals surface area contributed by atoms with Crippen molar-refractivity contribution >= 4 is 11.0 Å². The second kappa shape index (κ2) is 4.55. The summed E-state index contributed by atoms with van der Waals surface area (Å²) in [7, 11) is 3.17. The van der Waals surface area contributed by atoms with Gasteiger partial charge < -0.3 is 9.47 Å². The van der Waals surface area contributed by atoms with Crippen molar-refractivity contribution in [2.24, 2.45) is 0 Å². The Morgan fingerprint density at radius 1 is 1.19 bits per heavy atom. The Morgan fingerprint density at radius 3 is 2.62 bits per heavy atom. The minimum absolute atomic E-state index is 0.437. The zero-order chi connectivity index (χ0) is 11.5. The average Bonchev–Trinajstić information content (AvgIpc) is 2.31. The van der Waals surface area contributed by atoms with Crippen molar-refractivity contribution in [1.29, 1.82) is 0 Å². The Hall–Kier alpha value is -1.52. The van der Waals surface area contributed by atoms with E-state index in [1.54, 1.807) is 20.4 Å². The van der Waals surface area contributed by atoms with Crippen molar-refractivity contribution in [2.45, 2.75) is 13.2 Å². The normalized spacial score (nSPS) is 11.2. The molecule has 0 saturated carbocycles. The van der Waals surface area contributed by atoms with E-state index in [-0.39, 0.29) is 0 Å². The molecule has 0 N–H and O–H groups in total. The van der Waals surface area contributed by atoms with Crippen molar-refractivity contribution in [2.75, 3.05) is 14.2 Å². The number of ether oxygens (including phenoxy) is 2. The molecule has 2 heterocycles. The van der Waals surface area contributed by atoms with Gasteiger partial charge in [-0.25, -0.2) is 9.97 Å². The molecule has 0 radical (unpaired) electrons. The molecule has 0 atom stereocenters. The van der Waals surface area contributed by atoms with E-state index in [4.69, 9.17) is 9.47 Å². The molecule has 2 rings (SSSR count). The lowest BCUT2D eigenvalue weighted by Crippen LogP contribution is -2.06. The first-order chi connectivity index (χ1) is 7.74. The number of aromatic nitrogens is 2. The number of hydrogen-bond donors (Lipinski definition) is 0. The van der Waals surface area contributed by atoms with Gasteiger partial charge >= 0.3 is 0 Å². The first kappa shape index (κ1) is 11.0. The van der Waals surface area contributed by atoms with E-state index in [9.17, 15) is 0 Å². The number of nitrogens with zero attached hydrogens (tertiary/aromatic N) is 2. The van der Waals surface area contributed by atoms with Gasteiger partial charge in [-0.2, -0.15) is 0 Å². The number of rotatable bonds is 3. The summed E-state index contributed by atoms with van der Waals surface area (Å²) in [6.07, 6.45) is 1.36. The van der Waals surface area contributed by atoms with Gasteiger partial charge in [0.2, 0.25) is 6.29 Å². The quantitative estimate of drug-likeness (QED) is 0.741. The molecular weight excluding hydrogens is 204 g/mol. The van der Waals surface area contributed by atoms with Gasteiger partial charge in [0.25, 0.3) is 0 Å². The fourth-order valence-corrected chi connectivity index (χ4v) is 1.60. The molecule has 0 aliphatic carbocycles. The third-order valence-electron chi connectivity index (χ3n) is 2.37. The molecule has 2 aromatic heterocycles. The summed E-state index contributed by atoms with van der Waals surface area (Å²) < 4.78 is 10.3. The summed E-state index contributed by atoms with van der Waals surface area (Å²) >= 11 is 0. The summed E-state index contributed by atoms with van der Waals surface area (Å²) in [4.78, 5) is 8.67. The van der Waals surface area contributed by atoms with Crippen LogP contribution >= 0.6 is 0 Å². The second-order valence-electron chi connectivity index (χ2n) is 3.60. The van der Waals surface area contributed by atoms with Gasteiger partial charge in [0.05, 0.1) is 5.69 Å². The van der Waals surface area contributed by atoms with Gasteiger partial charge in [0.15, 0.2) is 5.65 Å². The Balaban J connectivity index is 2.47. The number of aryl methyl sites for hydroxylation is 1. The molecule has 4 nitrogen and oxygen atoms in total. The van der Waals surface area contributed by atoms with Gasteiger partial charge in [0, 0.05) is 25.8 Å². The van der Waals surface area contributed by atoms with Gasteiger partial charge in [0.1, 0.15) is 0 Å². The third-order valence-corrected chi connectivity index (χ3v) is 2.37. The van der Waals surface area contributed by atoms with E-state index in [0.717, 1.165) is 16.6 Å². The Morgan fingerprint density at radius 2 is 1.94 bits per heavy atom. The van der Waals surface area contributed by atoms with Crippen molar-refractivity contribution in [3.63, 3.8) is 0 Å². The van der Waals surface area contributed by atoms with Gasteiger partial charge in [-0.05, 0) is 30.7 Å². The van der Waals surface area contributed by atoms with Crippen LogP contribution in [0.2, 0.25) is 0 Å². The summed E-state index contributed by atoms with van der Waals surface area (Å²) in [5, 5.41) is 1.02. The molecule has 16 heavy (non-hydrogen) atoms. The molecule has 0 saturated heterocycles. The van der Waals surface area contributed by atoms with Crippen LogP contribution in [0.5, 0.6) is 0 Å². The topological polar surface area (TPSA) is 44.2 Å². The van der Waals surface area contributed by atoms with Crippen LogP contribution in [0.3, 0.4) is 0 Å². The van der Waals surface area contributed by atoms with Crippen LogP contribution in [0.15, 0.2) is 24.4 Å². The third kappa shape index (κ3) is 2.03. The minimum Gasteiger partial charge on any atom is -0.350 e. The van der Waals surface area contributed by atoms with Crippen LogP contribution in [0.4, 0.5) is 0 Å². The van der Waals surface area contributed by atoms with Crippen LogP contribution in [0, 0.1) is 6.92 Å². The van der Waals surface area contributed by atoms with Crippen LogP contribution in [-0.4, -0.2) is 24.2 Å². The standard InChI is InChI=1S/C12H14N2O2/c1-8-6-9-4-5-10(12(15-2)16-3)14-11(9)13-7-8/h4-7,12H,1-3H3. The van der Waals surface area contributed by atoms with E-state index >= 15 is 0 Å². The maximum Gasteiger partial charge on any atom is 0.200 e. The van der Waals surface area contributed by atoms with Crippen LogP contribution < -0.4 is 0 Å². The molecule has 0 aliphatic rings. The number of fused-ring (bicyclic) bond motifs is 1. The highest BCUT2D eigenvalue weighted by molar-refractivity contribution is 5.75. The SMILES string of the molecule is COC(OC)c1ccc2cc(C)cnc2n1. The molecule has 0 spiro atoms. The monoisotopic (exact) mass is 218 g/mol. The molecule has 0 unspecified atom stereocenters. The fourth-order valence-electron chi connectivity index (χ4n) is 1.60. The van der Waals surface area contributed by atoms with E-state index in [2.05, 4.69) is 9.97 Å². The molecule has 2 aromatic rings. The summed E-state index contributed by atoms with van der Waals surface area (Å²) in [5.41, 5.74) is 2.56. The van der Waals surface area contributed by atoms with Crippen LogP contribution in [0.25, 0.3) is 11.0 Å². The predicted octanol–water partition coefficient (Wildman–Crippen LogP) is 2.23. The molecule has 84 valence electrons. The number of pyridine rings is 2. The highest BCUT2D eigenvalue weighted by Gasteiger charge is 2.11. The Kier molecular flexibility index (Phi) is 3.12. The molecule has 0 amide bonds. The smallest absolute Gasteiger partial charge is 0.200 e. The lowest BCUT2D eigenvalue weighted by Gasteiger charge is -2.12. The summed E-state index contributed by atoms with van der Waals surface area (Å²) in [6, 6.07) is 5.91. The lowest BCUT2D eigenvalue weighted by molar-refractivity contribution is -0.108. The lowest BCUT2D eigenvalue weighted by atomic mass is 10.2. The van der Waals surface area contributed by atoms with Crippen LogP contribution in [0.1, 0.15) is 17.5 Å². The maximum atomic E-state index is 5.15. The molecule has 0 fully saturated rings. The summed E-state index contributed by atoms with van der Waals surface area (Å²) in [5.74, 6) is 0. The second-order valence-corrected chi connectivity index (χ2v) is 3.60. The minimum atomic E-state index is -0.437. The molecule has 0 aromatic carbocycles. The van der Waals surface area contributed by atoms with Crippen molar-refractivity contribution in [3.05, 3.63) is 35.7 Å². The van der Waals surface area contributed by atoms with E-state index in [1.165, 1.54) is 0 Å². The van der Waals surface area contributed by atoms with Gasteiger partial charge in [-0.1, -0.05) is 0 Å². The zero-order valence-corrected chi connectivity index (χ0v) is 9.60. The largest absolute Gasteiger partial charge is 0.350 e. The molecule has 0 aliphatic heterocycles. The van der Waals surface area contributed by atoms with E-state index < -0.39 is 6.29 Å². The zero-order valence-electron chi connectivity index (χ0n) is 9.60. The maximum absolute atomic E-state index is 5.15. The first-order valence-corrected chi connectivity index (χ1v) is 5.03. The first-order valence-electron chi connectivity index (χ1n) is 5.03. The number of hydrogen-bond acceptors (Lipinski definition) is 4. The van der Waals surface area contributed by atoms with Crippen molar-refractivity contribution in [3.8, 4) is 0 Å². The highest BCUT2D eigenvalue weighted by Crippen LogP contribution is 2.18. The Bertz CT molecular complexity index is 495. The van der Waals surface area contributed by atoms with E-state index in [0.29, 0.717) is 5.65 Å². The van der Waals surface area contributed by atoms with Gasteiger partial charge in [-0.15, -0.1) is 0 Å².